The number of aromatic nitrogens is 2. The zero-order valence-corrected chi connectivity index (χ0v) is 14.0. The number of esters is 1. The molecule has 0 spiro atoms. The van der Waals surface area contributed by atoms with Crippen molar-refractivity contribution in [2.75, 3.05) is 6.54 Å². The molecular formula is C20H17N3O3. The lowest BCUT2D eigenvalue weighted by Crippen LogP contribution is -2.29. The Morgan fingerprint density at radius 2 is 1.73 bits per heavy atom. The van der Waals surface area contributed by atoms with Crippen LogP contribution in [0.1, 0.15) is 11.3 Å². The van der Waals surface area contributed by atoms with E-state index >= 15 is 0 Å². The van der Waals surface area contributed by atoms with Crippen molar-refractivity contribution >= 4 is 29.0 Å². The summed E-state index contributed by atoms with van der Waals surface area (Å²) in [5.74, 6) is -0.905. The Labute approximate surface area is 150 Å². The minimum Gasteiger partial charge on any atom is -0.460 e. The van der Waals surface area contributed by atoms with Crippen LogP contribution in [0.4, 0.5) is 0 Å². The molecule has 6 nitrogen and oxygen atoms in total. The average molecular weight is 347 g/mol. The Morgan fingerprint density at radius 1 is 1.00 bits per heavy atom. The van der Waals surface area contributed by atoms with Gasteiger partial charge in [-0.1, -0.05) is 42.5 Å². The van der Waals surface area contributed by atoms with Crippen LogP contribution in [0.3, 0.4) is 0 Å². The van der Waals surface area contributed by atoms with E-state index in [2.05, 4.69) is 15.3 Å². The Kier molecular flexibility index (Phi) is 5.67. The van der Waals surface area contributed by atoms with Crippen LogP contribution in [-0.2, 0) is 20.9 Å². The molecule has 130 valence electrons. The fourth-order valence-electron chi connectivity index (χ4n) is 2.22. The summed E-state index contributed by atoms with van der Waals surface area (Å²) in [6.07, 6.45) is 4.44. The number of amides is 1. The van der Waals surface area contributed by atoms with Gasteiger partial charge in [0.2, 0.25) is 5.91 Å². The van der Waals surface area contributed by atoms with Crippen LogP contribution >= 0.6 is 0 Å². The summed E-state index contributed by atoms with van der Waals surface area (Å²) >= 11 is 0. The van der Waals surface area contributed by atoms with Gasteiger partial charge in [-0.3, -0.25) is 14.6 Å². The smallest absolute Gasteiger partial charge is 0.325 e. The number of benzene rings is 2. The molecule has 0 saturated carbocycles. The lowest BCUT2D eigenvalue weighted by molar-refractivity contribution is -0.144. The number of nitrogens with one attached hydrogen (secondary N) is 1. The van der Waals surface area contributed by atoms with Gasteiger partial charge in [0.05, 0.1) is 22.9 Å². The van der Waals surface area contributed by atoms with Gasteiger partial charge in [0.1, 0.15) is 13.2 Å². The Balaban J connectivity index is 1.46. The van der Waals surface area contributed by atoms with E-state index in [1.165, 1.54) is 6.08 Å². The minimum absolute atomic E-state index is 0.179. The maximum Gasteiger partial charge on any atom is 0.325 e. The topological polar surface area (TPSA) is 81.2 Å². The molecule has 3 rings (SSSR count). The summed E-state index contributed by atoms with van der Waals surface area (Å²) in [6.45, 7) is -0.0164. The molecule has 1 heterocycles. The molecule has 1 amide bonds. The Morgan fingerprint density at radius 3 is 2.54 bits per heavy atom. The van der Waals surface area contributed by atoms with Crippen molar-refractivity contribution in [1.82, 2.24) is 15.3 Å². The second kappa shape index (κ2) is 8.53. The van der Waals surface area contributed by atoms with Crippen molar-refractivity contribution in [2.24, 2.45) is 0 Å². The van der Waals surface area contributed by atoms with Crippen LogP contribution in [0.25, 0.3) is 17.1 Å². The van der Waals surface area contributed by atoms with Crippen molar-refractivity contribution in [3.05, 3.63) is 78.1 Å². The number of nitrogens with zero attached hydrogens (tertiary/aromatic N) is 2. The molecule has 0 fully saturated rings. The fourth-order valence-corrected chi connectivity index (χ4v) is 2.22. The Bertz CT molecular complexity index is 939. The molecule has 6 heteroatoms. The first-order valence-corrected chi connectivity index (χ1v) is 8.08. The van der Waals surface area contributed by atoms with Crippen LogP contribution in [-0.4, -0.2) is 28.4 Å². The maximum absolute atomic E-state index is 11.8. The van der Waals surface area contributed by atoms with E-state index in [9.17, 15) is 9.59 Å². The predicted octanol–water partition coefficient (Wildman–Crippen LogP) is 2.50. The van der Waals surface area contributed by atoms with E-state index in [0.29, 0.717) is 5.69 Å². The lowest BCUT2D eigenvalue weighted by Gasteiger charge is -2.05. The Hall–Kier alpha value is -3.54. The molecule has 2 aromatic carbocycles. The van der Waals surface area contributed by atoms with Crippen LogP contribution in [0.15, 0.2) is 66.9 Å². The van der Waals surface area contributed by atoms with Crippen molar-refractivity contribution in [3.8, 4) is 0 Å². The van der Waals surface area contributed by atoms with Crippen LogP contribution in [0, 0.1) is 0 Å². The van der Waals surface area contributed by atoms with Crippen molar-refractivity contribution in [1.29, 1.82) is 0 Å². The lowest BCUT2D eigenvalue weighted by atomic mass is 10.2. The SMILES string of the molecule is O=C(/C=C/c1cnc2ccccc2n1)NCC(=O)OCc1ccccc1. The molecule has 0 aliphatic carbocycles. The van der Waals surface area contributed by atoms with Gasteiger partial charge in [-0.2, -0.15) is 0 Å². The molecule has 0 aliphatic rings. The van der Waals surface area contributed by atoms with E-state index in [1.807, 2.05) is 54.6 Å². The predicted molar refractivity (Wildman–Crippen MR) is 97.8 cm³/mol. The first-order chi connectivity index (χ1) is 12.7. The number of ether oxygens (including phenoxy) is 1. The fraction of sp³-hybridized carbons (Fsp3) is 0.100. The number of fused-ring (bicyclic) bond motifs is 1. The van der Waals surface area contributed by atoms with Crippen molar-refractivity contribution in [2.45, 2.75) is 6.61 Å². The molecule has 26 heavy (non-hydrogen) atoms. The van der Waals surface area contributed by atoms with E-state index in [-0.39, 0.29) is 13.2 Å². The zero-order valence-electron chi connectivity index (χ0n) is 14.0. The van der Waals surface area contributed by atoms with Gasteiger partial charge >= 0.3 is 5.97 Å². The summed E-state index contributed by atoms with van der Waals surface area (Å²) in [6, 6.07) is 16.8. The van der Waals surface area contributed by atoms with E-state index in [4.69, 9.17) is 4.74 Å². The molecule has 0 unspecified atom stereocenters. The van der Waals surface area contributed by atoms with E-state index < -0.39 is 11.9 Å². The standard InChI is InChI=1S/C20H17N3O3/c24-19(22-13-20(25)26-14-15-6-2-1-3-7-15)11-10-16-12-21-17-8-4-5-9-18(17)23-16/h1-12H,13-14H2,(H,22,24)/b11-10+. The number of hydrogen-bond acceptors (Lipinski definition) is 5. The van der Waals surface area contributed by atoms with Gasteiger partial charge in [-0.25, -0.2) is 4.98 Å². The second-order valence-corrected chi connectivity index (χ2v) is 5.48. The number of rotatable bonds is 6. The second-order valence-electron chi connectivity index (χ2n) is 5.48. The molecule has 1 aromatic heterocycles. The third-order valence-corrected chi connectivity index (χ3v) is 3.52. The third-order valence-electron chi connectivity index (χ3n) is 3.52. The molecule has 0 saturated heterocycles. The highest BCUT2D eigenvalue weighted by atomic mass is 16.5. The molecule has 1 N–H and O–H groups in total. The number of carbonyl (C=O) groups excluding carboxylic acids is 2. The highest BCUT2D eigenvalue weighted by molar-refractivity contribution is 5.93. The average Bonchev–Trinajstić information content (AvgIpc) is 2.69. The van der Waals surface area contributed by atoms with Crippen LogP contribution < -0.4 is 5.32 Å². The zero-order chi connectivity index (χ0) is 18.2. The van der Waals surface area contributed by atoms with Crippen LogP contribution in [0.2, 0.25) is 0 Å². The molecule has 0 bridgehead atoms. The van der Waals surface area contributed by atoms with Gasteiger partial charge in [0.25, 0.3) is 0 Å². The van der Waals surface area contributed by atoms with Gasteiger partial charge in [-0.05, 0) is 23.8 Å². The van der Waals surface area contributed by atoms with Gasteiger partial charge in [0, 0.05) is 6.08 Å². The minimum atomic E-state index is -0.499. The highest BCUT2D eigenvalue weighted by Gasteiger charge is 2.05. The van der Waals surface area contributed by atoms with Crippen molar-refractivity contribution < 1.29 is 14.3 Å². The summed E-state index contributed by atoms with van der Waals surface area (Å²) < 4.78 is 5.09. The van der Waals surface area contributed by atoms with Gasteiger partial charge in [-0.15, -0.1) is 0 Å². The molecular weight excluding hydrogens is 330 g/mol. The van der Waals surface area contributed by atoms with Gasteiger partial charge < -0.3 is 10.1 Å². The first-order valence-electron chi connectivity index (χ1n) is 8.08. The van der Waals surface area contributed by atoms with Crippen molar-refractivity contribution in [3.63, 3.8) is 0 Å². The molecule has 3 aromatic rings. The molecule has 0 radical (unpaired) electrons. The first kappa shape index (κ1) is 17.3. The highest BCUT2D eigenvalue weighted by Crippen LogP contribution is 2.09. The molecule has 0 atom stereocenters. The normalized spacial score (nSPS) is 10.8. The summed E-state index contributed by atoms with van der Waals surface area (Å²) in [5.41, 5.74) is 2.99. The number of hydrogen-bond donors (Lipinski definition) is 1. The largest absolute Gasteiger partial charge is 0.460 e. The van der Waals surface area contributed by atoms with E-state index in [0.717, 1.165) is 16.6 Å². The number of carbonyl (C=O) groups is 2. The van der Waals surface area contributed by atoms with Crippen LogP contribution in [0.5, 0.6) is 0 Å². The number of para-hydroxylation sites is 2. The molecule has 0 aliphatic heterocycles. The summed E-state index contributed by atoms with van der Waals surface area (Å²) in [4.78, 5) is 32.1. The van der Waals surface area contributed by atoms with E-state index in [1.54, 1.807) is 12.3 Å². The monoisotopic (exact) mass is 347 g/mol. The van der Waals surface area contributed by atoms with Gasteiger partial charge in [0.15, 0.2) is 0 Å². The maximum atomic E-state index is 11.8. The quantitative estimate of drug-likeness (QED) is 0.547. The summed E-state index contributed by atoms with van der Waals surface area (Å²) in [7, 11) is 0. The summed E-state index contributed by atoms with van der Waals surface area (Å²) in [5, 5.41) is 2.48. The third kappa shape index (κ3) is 4.98.